The van der Waals surface area contributed by atoms with Crippen molar-refractivity contribution in [3.63, 3.8) is 0 Å². The van der Waals surface area contributed by atoms with Gasteiger partial charge in [-0.05, 0) is 76.0 Å². The number of rotatable bonds is 6. The summed E-state index contributed by atoms with van der Waals surface area (Å²) >= 11 is 6.77. The van der Waals surface area contributed by atoms with E-state index in [9.17, 15) is 4.79 Å². The Balaban J connectivity index is 1.15. The number of aliphatic imine (C=N–C) groups is 1. The highest BCUT2D eigenvalue weighted by molar-refractivity contribution is 6.37. The second-order valence-corrected chi connectivity index (χ2v) is 11.2. The number of aromatic nitrogens is 2. The summed E-state index contributed by atoms with van der Waals surface area (Å²) in [5.74, 6) is 1.72. The molecule has 3 aliphatic rings. The maximum absolute atomic E-state index is 11.8. The number of benzene rings is 1. The third-order valence-corrected chi connectivity index (χ3v) is 8.42. The number of para-hydroxylation sites is 1. The van der Waals surface area contributed by atoms with Gasteiger partial charge in [0.15, 0.2) is 0 Å². The lowest BCUT2D eigenvalue weighted by Crippen LogP contribution is -2.46. The Hall–Kier alpha value is -2.90. The number of carbonyl (C=O) groups is 1. The lowest BCUT2D eigenvalue weighted by molar-refractivity contribution is -0.127. The Bertz CT molecular complexity index is 1220. The molecule has 0 spiro atoms. The van der Waals surface area contributed by atoms with Gasteiger partial charge in [0, 0.05) is 48.8 Å². The van der Waals surface area contributed by atoms with E-state index in [-0.39, 0.29) is 5.91 Å². The Morgan fingerprint density at radius 2 is 1.97 bits per heavy atom. The first-order chi connectivity index (χ1) is 18.6. The average molecular weight is 535 g/mol. The minimum Gasteiger partial charge on any atom is -0.371 e. The van der Waals surface area contributed by atoms with E-state index in [2.05, 4.69) is 39.6 Å². The molecule has 2 fully saturated rings. The van der Waals surface area contributed by atoms with Crippen LogP contribution in [0.5, 0.6) is 0 Å². The van der Waals surface area contributed by atoms with Crippen molar-refractivity contribution in [2.45, 2.75) is 69.9 Å². The standard InChI is InChI=1S/C30H39ClN6O/c1-2-29(38)37-16-14-21(15-17-37)19-32-22-8-7-9-23(18-22)34-28-13-6-4-10-24(26(31)20-33-28)30-25-11-3-5-12-27(25)35-36-30/h2-3,5,10-12,20-23,32H,1,4,6-9,13-19H2,(H,33,34)(H,35,36)/b24-10+,26-20+/t22-,23+/m0/s1. The minimum absolute atomic E-state index is 0.0585. The summed E-state index contributed by atoms with van der Waals surface area (Å²) in [6.45, 7) is 6.32. The summed E-state index contributed by atoms with van der Waals surface area (Å²) in [6.07, 6.45) is 15.1. The monoisotopic (exact) mass is 534 g/mol. The van der Waals surface area contributed by atoms with Gasteiger partial charge in [0.05, 0.1) is 10.5 Å². The fourth-order valence-corrected chi connectivity index (χ4v) is 6.15. The SMILES string of the molecule is C=CC(=O)N1CCC(CN[C@H]2CCC[C@@H](N/C3=N/C=C(Cl)\C(c4n[nH]c5ccccc45)=C/CCC3)C2)CC1. The molecule has 2 atom stereocenters. The number of nitrogens with zero attached hydrogens (tertiary/aromatic N) is 3. The third kappa shape index (κ3) is 6.56. The van der Waals surface area contributed by atoms with Gasteiger partial charge in [-0.1, -0.05) is 42.5 Å². The highest BCUT2D eigenvalue weighted by Gasteiger charge is 2.25. The number of allylic oxidation sites excluding steroid dienone is 3. The van der Waals surface area contributed by atoms with E-state index in [1.165, 1.54) is 25.3 Å². The number of nitrogens with one attached hydrogen (secondary N) is 3. The number of amides is 1. The first-order valence-corrected chi connectivity index (χ1v) is 14.5. The number of piperidine rings is 1. The van der Waals surface area contributed by atoms with E-state index in [0.717, 1.165) is 86.2 Å². The highest BCUT2D eigenvalue weighted by atomic mass is 35.5. The number of halogens is 1. The minimum atomic E-state index is 0.0585. The molecular weight excluding hydrogens is 496 g/mol. The fourth-order valence-electron chi connectivity index (χ4n) is 5.93. The lowest BCUT2D eigenvalue weighted by atomic mass is 9.89. The van der Waals surface area contributed by atoms with Gasteiger partial charge in [0.25, 0.3) is 0 Å². The molecule has 1 saturated heterocycles. The first kappa shape index (κ1) is 26.7. The zero-order chi connectivity index (χ0) is 26.3. The van der Waals surface area contributed by atoms with Gasteiger partial charge in [-0.15, -0.1) is 0 Å². The van der Waals surface area contributed by atoms with Gasteiger partial charge in [0.2, 0.25) is 5.91 Å². The predicted molar refractivity (Wildman–Crippen MR) is 156 cm³/mol. The molecule has 1 aliphatic carbocycles. The van der Waals surface area contributed by atoms with Gasteiger partial charge in [-0.2, -0.15) is 5.10 Å². The van der Waals surface area contributed by atoms with Crippen LogP contribution in [0.3, 0.4) is 0 Å². The van der Waals surface area contributed by atoms with Crippen molar-refractivity contribution in [1.82, 2.24) is 25.7 Å². The number of amidine groups is 1. The molecule has 1 aromatic heterocycles. The summed E-state index contributed by atoms with van der Waals surface area (Å²) in [7, 11) is 0. The van der Waals surface area contributed by atoms with Crippen molar-refractivity contribution in [3.05, 3.63) is 59.9 Å². The van der Waals surface area contributed by atoms with Crippen molar-refractivity contribution in [1.29, 1.82) is 0 Å². The van der Waals surface area contributed by atoms with E-state index in [0.29, 0.717) is 23.0 Å². The average Bonchev–Trinajstić information content (AvgIpc) is 3.40. The van der Waals surface area contributed by atoms with Gasteiger partial charge in [-0.3, -0.25) is 9.89 Å². The van der Waals surface area contributed by atoms with Crippen LogP contribution in [0.1, 0.15) is 63.5 Å². The number of fused-ring (bicyclic) bond motifs is 1. The Morgan fingerprint density at radius 3 is 2.82 bits per heavy atom. The summed E-state index contributed by atoms with van der Waals surface area (Å²) in [4.78, 5) is 18.6. The smallest absolute Gasteiger partial charge is 0.245 e. The van der Waals surface area contributed by atoms with Crippen LogP contribution < -0.4 is 10.6 Å². The Kier molecular flexibility index (Phi) is 8.97. The topological polar surface area (TPSA) is 85.4 Å². The molecule has 1 amide bonds. The number of H-pyrrole nitrogens is 1. The van der Waals surface area contributed by atoms with Gasteiger partial charge in [0.1, 0.15) is 11.5 Å². The summed E-state index contributed by atoms with van der Waals surface area (Å²) in [5.41, 5.74) is 2.83. The zero-order valence-corrected chi connectivity index (χ0v) is 22.8. The van der Waals surface area contributed by atoms with E-state index in [1.54, 1.807) is 6.20 Å². The van der Waals surface area contributed by atoms with Gasteiger partial charge < -0.3 is 15.5 Å². The van der Waals surface area contributed by atoms with Crippen LogP contribution in [0.4, 0.5) is 0 Å². The number of hydrogen-bond donors (Lipinski definition) is 3. The van der Waals surface area contributed by atoms with E-state index < -0.39 is 0 Å². The molecule has 38 heavy (non-hydrogen) atoms. The molecule has 202 valence electrons. The van der Waals surface area contributed by atoms with E-state index in [4.69, 9.17) is 16.6 Å². The second-order valence-electron chi connectivity index (χ2n) is 10.8. The van der Waals surface area contributed by atoms with Crippen molar-refractivity contribution < 1.29 is 4.79 Å². The maximum Gasteiger partial charge on any atom is 0.245 e. The maximum atomic E-state index is 11.8. The molecule has 3 N–H and O–H groups in total. The normalized spacial score (nSPS) is 27.6. The fraction of sp³-hybridized carbons (Fsp3) is 0.500. The lowest BCUT2D eigenvalue weighted by Gasteiger charge is -2.35. The van der Waals surface area contributed by atoms with Crippen LogP contribution in [-0.4, -0.2) is 58.6 Å². The Morgan fingerprint density at radius 1 is 1.16 bits per heavy atom. The Labute approximate surface area is 230 Å². The second kappa shape index (κ2) is 12.8. The highest BCUT2D eigenvalue weighted by Crippen LogP contribution is 2.31. The zero-order valence-electron chi connectivity index (χ0n) is 22.1. The molecule has 1 aromatic carbocycles. The molecule has 8 heteroatoms. The summed E-state index contributed by atoms with van der Waals surface area (Å²) in [6, 6.07) is 9.07. The van der Waals surface area contributed by atoms with Gasteiger partial charge in [-0.25, -0.2) is 4.99 Å². The molecular formula is C30H39ClN6O. The van der Waals surface area contributed by atoms with Crippen LogP contribution in [0, 0.1) is 5.92 Å². The van der Waals surface area contributed by atoms with Crippen LogP contribution in [0.25, 0.3) is 16.5 Å². The van der Waals surface area contributed by atoms with Crippen molar-refractivity contribution >= 4 is 39.8 Å². The largest absolute Gasteiger partial charge is 0.371 e. The molecule has 7 nitrogen and oxygen atoms in total. The first-order valence-electron chi connectivity index (χ1n) is 14.1. The molecule has 1 saturated carbocycles. The number of likely N-dealkylation sites (tertiary alicyclic amines) is 1. The molecule has 2 aliphatic heterocycles. The molecule has 5 rings (SSSR count). The van der Waals surface area contributed by atoms with E-state index in [1.807, 2.05) is 23.1 Å². The molecule has 0 radical (unpaired) electrons. The van der Waals surface area contributed by atoms with Crippen LogP contribution >= 0.6 is 11.6 Å². The van der Waals surface area contributed by atoms with Crippen molar-refractivity contribution in [2.75, 3.05) is 19.6 Å². The van der Waals surface area contributed by atoms with Crippen LogP contribution in [0.15, 0.2) is 59.2 Å². The quantitative estimate of drug-likeness (QED) is 0.426. The van der Waals surface area contributed by atoms with Gasteiger partial charge >= 0.3 is 0 Å². The molecule has 0 unspecified atom stereocenters. The van der Waals surface area contributed by atoms with E-state index >= 15 is 0 Å². The third-order valence-electron chi connectivity index (χ3n) is 8.12. The van der Waals surface area contributed by atoms with Crippen molar-refractivity contribution in [2.24, 2.45) is 10.9 Å². The predicted octanol–water partition coefficient (Wildman–Crippen LogP) is 5.52. The summed E-state index contributed by atoms with van der Waals surface area (Å²) < 4.78 is 0. The van der Waals surface area contributed by atoms with Crippen LogP contribution in [-0.2, 0) is 4.79 Å². The van der Waals surface area contributed by atoms with Crippen LogP contribution in [0.2, 0.25) is 0 Å². The molecule has 2 aromatic rings. The molecule has 3 heterocycles. The number of carbonyl (C=O) groups excluding carboxylic acids is 1. The number of aromatic amines is 1. The molecule has 0 bridgehead atoms. The van der Waals surface area contributed by atoms with Crippen molar-refractivity contribution in [3.8, 4) is 0 Å². The number of hydrogen-bond acceptors (Lipinski definition) is 5. The summed E-state index contributed by atoms with van der Waals surface area (Å²) in [5, 5.41) is 16.9.